The molecule has 0 saturated heterocycles. The predicted octanol–water partition coefficient (Wildman–Crippen LogP) is 9.85. The van der Waals surface area contributed by atoms with Crippen LogP contribution in [0.15, 0.2) is 48.5 Å². The molecule has 2 nitrogen and oxygen atoms in total. The summed E-state index contributed by atoms with van der Waals surface area (Å²) in [6.07, 6.45) is 9.66. The number of hydrogen-bond donors (Lipinski definition) is 1. The third kappa shape index (κ3) is 7.69. The lowest BCUT2D eigenvalue weighted by atomic mass is 9.75. The lowest BCUT2D eigenvalue weighted by Crippen LogP contribution is -2.21. The molecule has 2 aliphatic carbocycles. The summed E-state index contributed by atoms with van der Waals surface area (Å²) in [5.74, 6) is 2.62. The molecule has 0 spiro atoms. The van der Waals surface area contributed by atoms with Crippen LogP contribution in [-0.2, 0) is 4.89 Å². The van der Waals surface area contributed by atoms with Crippen molar-refractivity contribution in [3.63, 3.8) is 0 Å². The van der Waals surface area contributed by atoms with Crippen molar-refractivity contribution in [2.45, 2.75) is 111 Å². The van der Waals surface area contributed by atoms with Crippen LogP contribution in [0.3, 0.4) is 0 Å². The van der Waals surface area contributed by atoms with Gasteiger partial charge in [-0.15, -0.1) is 0 Å². The molecule has 0 aliphatic heterocycles. The van der Waals surface area contributed by atoms with Gasteiger partial charge in [0.15, 0.2) is 0 Å². The fraction of sp³-hybridized carbons (Fsp3) is 0.613. The Labute approximate surface area is 203 Å². The van der Waals surface area contributed by atoms with Crippen molar-refractivity contribution in [2.24, 2.45) is 11.8 Å². The number of hydrogen-bond acceptors (Lipinski definition) is 2. The maximum atomic E-state index is 9.69. The Kier molecular flexibility index (Phi) is 12.2. The Hall–Kier alpha value is -1.64. The van der Waals surface area contributed by atoms with Crippen LogP contribution in [0.1, 0.15) is 126 Å². The monoisotopic (exact) mass is 452 g/mol. The van der Waals surface area contributed by atoms with E-state index >= 15 is 0 Å². The molecule has 184 valence electrons. The van der Waals surface area contributed by atoms with Gasteiger partial charge >= 0.3 is 0 Å². The van der Waals surface area contributed by atoms with Crippen LogP contribution in [-0.4, -0.2) is 5.26 Å². The van der Waals surface area contributed by atoms with Crippen molar-refractivity contribution in [3.8, 4) is 0 Å². The molecule has 4 rings (SSSR count). The zero-order valence-electron chi connectivity index (χ0n) is 22.0. The summed E-state index contributed by atoms with van der Waals surface area (Å²) < 4.78 is 0. The molecule has 0 heterocycles. The van der Waals surface area contributed by atoms with Gasteiger partial charge < -0.3 is 0 Å². The molecule has 2 aromatic carbocycles. The molecule has 1 N–H and O–H groups in total. The number of aryl methyl sites for hydroxylation is 1. The zero-order valence-corrected chi connectivity index (χ0v) is 22.0. The van der Waals surface area contributed by atoms with E-state index in [4.69, 9.17) is 4.89 Å². The average molecular weight is 453 g/mol. The third-order valence-corrected chi connectivity index (χ3v) is 7.61. The first-order valence-corrected chi connectivity index (χ1v) is 13.6. The van der Waals surface area contributed by atoms with Crippen molar-refractivity contribution >= 4 is 0 Å². The quantitative estimate of drug-likeness (QED) is 0.361. The number of rotatable bonds is 5. The molecule has 2 aliphatic rings. The van der Waals surface area contributed by atoms with Crippen LogP contribution in [0.5, 0.6) is 0 Å². The first-order valence-electron chi connectivity index (χ1n) is 13.6. The maximum Gasteiger partial charge on any atom is 0.120 e. The van der Waals surface area contributed by atoms with Crippen LogP contribution in [0.2, 0.25) is 0 Å². The topological polar surface area (TPSA) is 29.5 Å². The van der Waals surface area contributed by atoms with E-state index < -0.39 is 0 Å². The van der Waals surface area contributed by atoms with E-state index in [9.17, 15) is 5.26 Å². The van der Waals surface area contributed by atoms with Gasteiger partial charge in [0.05, 0.1) is 0 Å². The highest BCUT2D eigenvalue weighted by Crippen LogP contribution is 2.43. The normalized spacial score (nSPS) is 25.7. The van der Waals surface area contributed by atoms with Gasteiger partial charge in [0, 0.05) is 0 Å². The minimum atomic E-state index is -0.200. The van der Waals surface area contributed by atoms with Crippen molar-refractivity contribution in [1.29, 1.82) is 0 Å². The third-order valence-electron chi connectivity index (χ3n) is 7.61. The van der Waals surface area contributed by atoms with E-state index in [0.29, 0.717) is 17.8 Å². The Bertz CT molecular complexity index is 749. The van der Waals surface area contributed by atoms with Gasteiger partial charge in [0.2, 0.25) is 0 Å². The summed E-state index contributed by atoms with van der Waals surface area (Å²) in [7, 11) is 0. The van der Waals surface area contributed by atoms with Gasteiger partial charge in [-0.05, 0) is 85.8 Å². The van der Waals surface area contributed by atoms with Gasteiger partial charge in [0.25, 0.3) is 0 Å². The minimum Gasteiger partial charge on any atom is -0.251 e. The maximum absolute atomic E-state index is 9.69. The Morgan fingerprint density at radius 3 is 1.55 bits per heavy atom. The summed E-state index contributed by atoms with van der Waals surface area (Å²) in [6, 6.07) is 17.9. The summed E-state index contributed by atoms with van der Waals surface area (Å²) in [5, 5.41) is 9.69. The molecule has 2 saturated carbocycles. The molecule has 2 heteroatoms. The van der Waals surface area contributed by atoms with Crippen LogP contribution in [0, 0.1) is 18.8 Å². The van der Waals surface area contributed by atoms with Crippen LogP contribution in [0.25, 0.3) is 0 Å². The fourth-order valence-electron chi connectivity index (χ4n) is 5.56. The molecule has 33 heavy (non-hydrogen) atoms. The SMILES string of the molecule is CC.CC.Cc1ccc(C2CCC(C(OO)c3ccc(C4CCC(C)CC4)cc3)CC2)cc1. The molecule has 0 radical (unpaired) electrons. The van der Waals surface area contributed by atoms with Gasteiger partial charge in [-0.25, -0.2) is 4.89 Å². The van der Waals surface area contributed by atoms with E-state index in [0.717, 1.165) is 24.3 Å². The lowest BCUT2D eigenvalue weighted by molar-refractivity contribution is -0.296. The number of benzene rings is 2. The second-order valence-electron chi connectivity index (χ2n) is 9.67. The van der Waals surface area contributed by atoms with Gasteiger partial charge in [-0.2, -0.15) is 0 Å². The average Bonchev–Trinajstić information content (AvgIpc) is 2.89. The highest BCUT2D eigenvalue weighted by atomic mass is 17.1. The van der Waals surface area contributed by atoms with E-state index in [1.54, 1.807) is 0 Å². The molecule has 0 bridgehead atoms. The Morgan fingerprint density at radius 2 is 1.09 bits per heavy atom. The second kappa shape index (κ2) is 14.6. The van der Waals surface area contributed by atoms with Gasteiger partial charge in [-0.1, -0.05) is 102 Å². The minimum absolute atomic E-state index is 0.200. The predicted molar refractivity (Wildman–Crippen MR) is 142 cm³/mol. The van der Waals surface area contributed by atoms with E-state index in [1.165, 1.54) is 55.2 Å². The van der Waals surface area contributed by atoms with Crippen molar-refractivity contribution < 1.29 is 10.1 Å². The first kappa shape index (κ1) is 27.6. The Morgan fingerprint density at radius 1 is 0.667 bits per heavy atom. The second-order valence-corrected chi connectivity index (χ2v) is 9.67. The first-order chi connectivity index (χ1) is 16.1. The smallest absolute Gasteiger partial charge is 0.120 e. The molecule has 1 atom stereocenters. The molecule has 0 amide bonds. The van der Waals surface area contributed by atoms with Crippen molar-refractivity contribution in [3.05, 3.63) is 70.8 Å². The summed E-state index contributed by atoms with van der Waals surface area (Å²) >= 11 is 0. The van der Waals surface area contributed by atoms with Crippen LogP contribution >= 0.6 is 0 Å². The van der Waals surface area contributed by atoms with Crippen LogP contribution in [0.4, 0.5) is 0 Å². The zero-order chi connectivity index (χ0) is 24.2. The fourth-order valence-corrected chi connectivity index (χ4v) is 5.56. The Balaban J connectivity index is 0.000000914. The van der Waals surface area contributed by atoms with E-state index in [-0.39, 0.29) is 6.10 Å². The van der Waals surface area contributed by atoms with E-state index in [1.807, 2.05) is 27.7 Å². The van der Waals surface area contributed by atoms with Gasteiger partial charge in [-0.3, -0.25) is 5.26 Å². The van der Waals surface area contributed by atoms with E-state index in [2.05, 4.69) is 62.4 Å². The summed E-state index contributed by atoms with van der Waals surface area (Å²) in [5.41, 5.74) is 5.36. The molecular formula is C31H48O2. The van der Waals surface area contributed by atoms with Crippen molar-refractivity contribution in [1.82, 2.24) is 0 Å². The molecule has 2 aromatic rings. The molecule has 2 fully saturated rings. The van der Waals surface area contributed by atoms with Gasteiger partial charge in [0.1, 0.15) is 6.10 Å². The van der Waals surface area contributed by atoms with Crippen molar-refractivity contribution in [2.75, 3.05) is 0 Å². The molecule has 1 unspecified atom stereocenters. The van der Waals surface area contributed by atoms with Crippen LogP contribution < -0.4 is 0 Å². The summed E-state index contributed by atoms with van der Waals surface area (Å²) in [6.45, 7) is 12.5. The summed E-state index contributed by atoms with van der Waals surface area (Å²) in [4.78, 5) is 5.03. The lowest BCUT2D eigenvalue weighted by Gasteiger charge is -2.33. The highest BCUT2D eigenvalue weighted by molar-refractivity contribution is 5.28. The largest absolute Gasteiger partial charge is 0.251 e. The highest BCUT2D eigenvalue weighted by Gasteiger charge is 2.30. The molecule has 0 aromatic heterocycles. The standard InChI is InChI=1S/C27H36O2.2C2H6/c1-19-3-7-21(8-4-19)23-11-15-25(16-12-23)27(29-28)26-17-13-24(14-18-26)22-9-5-20(2)6-10-22;2*1-2/h3-4,7-8,13-14,17-18,20,22-23,25,27-28H,5-6,9-12,15-16H2,1-2H3;2*1-2H3. The molecular weight excluding hydrogens is 404 g/mol.